The van der Waals surface area contributed by atoms with Gasteiger partial charge in [0.25, 0.3) is 0 Å². The minimum atomic E-state index is 0.344. The summed E-state index contributed by atoms with van der Waals surface area (Å²) < 4.78 is 5.91. The molecular formula is C13H18O. The van der Waals surface area contributed by atoms with Crippen molar-refractivity contribution in [2.24, 2.45) is 0 Å². The minimum absolute atomic E-state index is 0.344. The monoisotopic (exact) mass is 190 g/mol. The molecular weight excluding hydrogens is 172 g/mol. The van der Waals surface area contributed by atoms with Crippen LogP contribution in [0.25, 0.3) is 0 Å². The lowest BCUT2D eigenvalue weighted by atomic mass is 9.96. The standard InChI is InChI=1S/C13H18O/c1-4-9-7-8-12-13(9)10(5-2)11(6-3)14-12/h7-8,11H,4-6H2,1-3H3. The SMILES string of the molecule is CCC1=CC=C2OC(CC)C(CC)=C12. The fourth-order valence-corrected chi connectivity index (χ4v) is 2.38. The van der Waals surface area contributed by atoms with Crippen molar-refractivity contribution in [3.05, 3.63) is 34.6 Å². The van der Waals surface area contributed by atoms with Gasteiger partial charge in [-0.25, -0.2) is 0 Å². The Morgan fingerprint density at radius 3 is 2.50 bits per heavy atom. The lowest BCUT2D eigenvalue weighted by molar-refractivity contribution is 0.168. The first-order valence-electron chi connectivity index (χ1n) is 5.63. The van der Waals surface area contributed by atoms with E-state index in [2.05, 4.69) is 32.9 Å². The van der Waals surface area contributed by atoms with Gasteiger partial charge in [-0.15, -0.1) is 0 Å². The fourth-order valence-electron chi connectivity index (χ4n) is 2.38. The number of ether oxygens (including phenoxy) is 1. The molecule has 1 atom stereocenters. The number of rotatable bonds is 3. The molecule has 1 heterocycles. The van der Waals surface area contributed by atoms with E-state index in [1.54, 1.807) is 0 Å². The van der Waals surface area contributed by atoms with Crippen LogP contribution in [0.2, 0.25) is 0 Å². The molecule has 0 amide bonds. The highest BCUT2D eigenvalue weighted by Gasteiger charge is 2.31. The largest absolute Gasteiger partial charge is 0.485 e. The summed E-state index contributed by atoms with van der Waals surface area (Å²) in [7, 11) is 0. The summed E-state index contributed by atoms with van der Waals surface area (Å²) in [6.07, 6.45) is 7.98. The number of hydrogen-bond donors (Lipinski definition) is 0. The molecule has 1 heteroatoms. The molecule has 14 heavy (non-hydrogen) atoms. The molecule has 1 unspecified atom stereocenters. The van der Waals surface area contributed by atoms with Gasteiger partial charge in [0, 0.05) is 5.57 Å². The van der Waals surface area contributed by atoms with Crippen molar-refractivity contribution in [3.8, 4) is 0 Å². The van der Waals surface area contributed by atoms with Gasteiger partial charge in [0.2, 0.25) is 0 Å². The van der Waals surface area contributed by atoms with E-state index in [4.69, 9.17) is 4.74 Å². The van der Waals surface area contributed by atoms with Gasteiger partial charge in [-0.3, -0.25) is 0 Å². The van der Waals surface area contributed by atoms with Gasteiger partial charge in [0.15, 0.2) is 0 Å². The maximum atomic E-state index is 5.91. The van der Waals surface area contributed by atoms with Crippen LogP contribution >= 0.6 is 0 Å². The molecule has 0 radical (unpaired) electrons. The first-order valence-corrected chi connectivity index (χ1v) is 5.63. The van der Waals surface area contributed by atoms with E-state index in [1.807, 2.05) is 0 Å². The Kier molecular flexibility index (Phi) is 2.49. The van der Waals surface area contributed by atoms with Gasteiger partial charge in [-0.2, -0.15) is 0 Å². The minimum Gasteiger partial charge on any atom is -0.485 e. The maximum absolute atomic E-state index is 5.91. The normalized spacial score (nSPS) is 24.6. The third-order valence-corrected chi connectivity index (χ3v) is 3.11. The van der Waals surface area contributed by atoms with Gasteiger partial charge < -0.3 is 4.74 Å². The van der Waals surface area contributed by atoms with E-state index < -0.39 is 0 Å². The summed E-state index contributed by atoms with van der Waals surface area (Å²) in [6.45, 7) is 6.63. The summed E-state index contributed by atoms with van der Waals surface area (Å²) in [5.41, 5.74) is 4.37. The predicted octanol–water partition coefficient (Wildman–Crippen LogP) is 3.74. The Morgan fingerprint density at radius 1 is 1.14 bits per heavy atom. The van der Waals surface area contributed by atoms with Gasteiger partial charge in [0.1, 0.15) is 11.9 Å². The van der Waals surface area contributed by atoms with Crippen molar-refractivity contribution in [3.63, 3.8) is 0 Å². The quantitative estimate of drug-likeness (QED) is 0.658. The molecule has 2 aliphatic rings. The molecule has 0 fully saturated rings. The Hall–Kier alpha value is -0.980. The highest BCUT2D eigenvalue weighted by Crippen LogP contribution is 2.41. The predicted molar refractivity (Wildman–Crippen MR) is 58.9 cm³/mol. The molecule has 0 saturated heterocycles. The average Bonchev–Trinajstić information content (AvgIpc) is 2.74. The zero-order valence-corrected chi connectivity index (χ0v) is 9.26. The summed E-state index contributed by atoms with van der Waals surface area (Å²) in [6, 6.07) is 0. The van der Waals surface area contributed by atoms with Crippen molar-refractivity contribution in [2.45, 2.75) is 46.1 Å². The molecule has 0 saturated carbocycles. The second-order valence-electron chi connectivity index (χ2n) is 3.84. The zero-order chi connectivity index (χ0) is 10.1. The molecule has 0 aromatic heterocycles. The first kappa shape index (κ1) is 9.57. The second kappa shape index (κ2) is 3.64. The van der Waals surface area contributed by atoms with Crippen LogP contribution in [-0.2, 0) is 4.74 Å². The smallest absolute Gasteiger partial charge is 0.127 e. The Morgan fingerprint density at radius 2 is 1.93 bits per heavy atom. The molecule has 2 rings (SSSR count). The number of allylic oxidation sites excluding steroid dienone is 3. The van der Waals surface area contributed by atoms with Crippen molar-refractivity contribution < 1.29 is 4.74 Å². The number of hydrogen-bond acceptors (Lipinski definition) is 1. The van der Waals surface area contributed by atoms with Gasteiger partial charge >= 0.3 is 0 Å². The molecule has 0 aromatic carbocycles. The van der Waals surface area contributed by atoms with Crippen LogP contribution in [0.1, 0.15) is 40.0 Å². The third kappa shape index (κ3) is 1.23. The topological polar surface area (TPSA) is 9.23 Å². The van der Waals surface area contributed by atoms with Crippen LogP contribution < -0.4 is 0 Å². The van der Waals surface area contributed by atoms with E-state index in [1.165, 1.54) is 16.7 Å². The van der Waals surface area contributed by atoms with Crippen LogP contribution in [0, 0.1) is 0 Å². The lowest BCUT2D eigenvalue weighted by Gasteiger charge is -2.11. The molecule has 1 aliphatic carbocycles. The lowest BCUT2D eigenvalue weighted by Crippen LogP contribution is -2.07. The second-order valence-corrected chi connectivity index (χ2v) is 3.84. The van der Waals surface area contributed by atoms with E-state index in [0.29, 0.717) is 6.10 Å². The summed E-state index contributed by atoms with van der Waals surface area (Å²) in [5.74, 6) is 1.12. The molecule has 0 N–H and O–H groups in total. The highest BCUT2D eigenvalue weighted by molar-refractivity contribution is 5.58. The van der Waals surface area contributed by atoms with Gasteiger partial charge in [0.05, 0.1) is 0 Å². The van der Waals surface area contributed by atoms with E-state index in [-0.39, 0.29) is 0 Å². The first-order chi connectivity index (χ1) is 6.81. The van der Waals surface area contributed by atoms with Crippen LogP contribution in [0.15, 0.2) is 34.6 Å². The Balaban J connectivity index is 2.39. The molecule has 0 spiro atoms. The molecule has 0 bridgehead atoms. The van der Waals surface area contributed by atoms with Crippen molar-refractivity contribution >= 4 is 0 Å². The molecule has 76 valence electrons. The molecule has 1 aliphatic heterocycles. The van der Waals surface area contributed by atoms with Crippen molar-refractivity contribution in [2.75, 3.05) is 0 Å². The summed E-state index contributed by atoms with van der Waals surface area (Å²) in [4.78, 5) is 0. The summed E-state index contributed by atoms with van der Waals surface area (Å²) >= 11 is 0. The average molecular weight is 190 g/mol. The molecule has 1 nitrogen and oxygen atoms in total. The highest BCUT2D eigenvalue weighted by atomic mass is 16.5. The van der Waals surface area contributed by atoms with Gasteiger partial charge in [-0.05, 0) is 36.5 Å². The van der Waals surface area contributed by atoms with Crippen LogP contribution in [-0.4, -0.2) is 6.10 Å². The third-order valence-electron chi connectivity index (χ3n) is 3.11. The number of fused-ring (bicyclic) bond motifs is 1. The van der Waals surface area contributed by atoms with E-state index >= 15 is 0 Å². The zero-order valence-electron chi connectivity index (χ0n) is 9.26. The van der Waals surface area contributed by atoms with Crippen LogP contribution in [0.5, 0.6) is 0 Å². The molecule has 0 aromatic rings. The van der Waals surface area contributed by atoms with Crippen LogP contribution in [0.4, 0.5) is 0 Å². The fraction of sp³-hybridized carbons (Fsp3) is 0.538. The van der Waals surface area contributed by atoms with E-state index in [9.17, 15) is 0 Å². The summed E-state index contributed by atoms with van der Waals surface area (Å²) in [5, 5.41) is 0. The Bertz CT molecular complexity index is 331. The van der Waals surface area contributed by atoms with Crippen molar-refractivity contribution in [1.29, 1.82) is 0 Å². The Labute approximate surface area is 86.2 Å². The van der Waals surface area contributed by atoms with E-state index in [0.717, 1.165) is 25.0 Å². The van der Waals surface area contributed by atoms with Gasteiger partial charge in [-0.1, -0.05) is 26.8 Å². The van der Waals surface area contributed by atoms with Crippen LogP contribution in [0.3, 0.4) is 0 Å². The maximum Gasteiger partial charge on any atom is 0.127 e. The van der Waals surface area contributed by atoms with Crippen molar-refractivity contribution in [1.82, 2.24) is 0 Å².